The third-order valence-electron chi connectivity index (χ3n) is 14.8. The summed E-state index contributed by atoms with van der Waals surface area (Å²) in [6, 6.07) is 90.1. The quantitative estimate of drug-likeness (QED) is 0.119. The molecule has 328 valence electrons. The van der Waals surface area contributed by atoms with E-state index in [0.717, 1.165) is 17.1 Å². The van der Waals surface area contributed by atoms with Gasteiger partial charge in [0.2, 0.25) is 0 Å². The largest absolute Gasteiger partial charge is 0.310 e. The van der Waals surface area contributed by atoms with E-state index in [-0.39, 0.29) is 0 Å². The predicted octanol–water partition coefficient (Wildman–Crippen LogP) is 19.1. The van der Waals surface area contributed by atoms with E-state index in [0.29, 0.717) is 0 Å². The monoisotopic (exact) mass is 890 g/mol. The molecule has 70 heavy (non-hydrogen) atoms. The summed E-state index contributed by atoms with van der Waals surface area (Å²) < 4.78 is 2.44. The minimum absolute atomic E-state index is 1.10. The number of benzene rings is 13. The zero-order valence-electron chi connectivity index (χ0n) is 39.0. The Morgan fingerprint density at radius 1 is 0.243 bits per heavy atom. The molecule has 0 fully saturated rings. The van der Waals surface area contributed by atoms with Crippen molar-refractivity contribution in [2.24, 2.45) is 0 Å². The van der Waals surface area contributed by atoms with Crippen LogP contribution >= 0.6 is 0 Å². The van der Waals surface area contributed by atoms with Crippen molar-refractivity contribution in [2.45, 2.75) is 13.8 Å². The van der Waals surface area contributed by atoms with Crippen molar-refractivity contribution in [3.63, 3.8) is 0 Å². The fraction of sp³-hybridized carbons (Fsp3) is 0.0294. The van der Waals surface area contributed by atoms with Crippen LogP contribution in [0.4, 0.5) is 17.1 Å². The van der Waals surface area contributed by atoms with Crippen LogP contribution in [0.3, 0.4) is 0 Å². The van der Waals surface area contributed by atoms with E-state index < -0.39 is 0 Å². The zero-order valence-corrected chi connectivity index (χ0v) is 39.0. The number of hydrogen-bond acceptors (Lipinski definition) is 1. The zero-order chi connectivity index (χ0) is 46.5. The van der Waals surface area contributed by atoms with Gasteiger partial charge in [0, 0.05) is 33.5 Å². The number of hydrogen-bond donors (Lipinski definition) is 0. The number of aryl methyl sites for hydroxylation is 2. The lowest BCUT2D eigenvalue weighted by Crippen LogP contribution is -2.10. The maximum absolute atomic E-state index is 2.51. The number of fused-ring (bicyclic) bond motifs is 15. The molecule has 0 saturated carbocycles. The maximum atomic E-state index is 2.51. The van der Waals surface area contributed by atoms with Gasteiger partial charge >= 0.3 is 0 Å². The first-order valence-electron chi connectivity index (χ1n) is 24.3. The number of para-hydroxylation sites is 2. The van der Waals surface area contributed by atoms with Gasteiger partial charge in [-0.3, -0.25) is 0 Å². The van der Waals surface area contributed by atoms with E-state index in [9.17, 15) is 0 Å². The Morgan fingerprint density at radius 3 is 1.17 bits per heavy atom. The van der Waals surface area contributed by atoms with E-state index in [1.165, 1.54) is 126 Å². The van der Waals surface area contributed by atoms with Crippen LogP contribution in [0.25, 0.3) is 114 Å². The summed E-state index contributed by atoms with van der Waals surface area (Å²) in [5.74, 6) is 0. The van der Waals surface area contributed by atoms with Gasteiger partial charge in [-0.05, 0) is 180 Å². The van der Waals surface area contributed by atoms with Crippen molar-refractivity contribution in [1.82, 2.24) is 4.57 Å². The van der Waals surface area contributed by atoms with Gasteiger partial charge in [-0.15, -0.1) is 0 Å². The number of anilines is 3. The molecule has 0 saturated heterocycles. The van der Waals surface area contributed by atoms with Crippen LogP contribution in [0.1, 0.15) is 11.1 Å². The van der Waals surface area contributed by atoms with E-state index in [4.69, 9.17) is 0 Å². The molecule has 0 N–H and O–H groups in total. The van der Waals surface area contributed by atoms with Crippen LogP contribution in [0.2, 0.25) is 0 Å². The molecule has 14 rings (SSSR count). The van der Waals surface area contributed by atoms with Gasteiger partial charge < -0.3 is 9.47 Å². The first-order chi connectivity index (χ1) is 34.5. The number of nitrogens with zero attached hydrogens (tertiary/aromatic N) is 2. The van der Waals surface area contributed by atoms with Gasteiger partial charge in [0.15, 0.2) is 0 Å². The molecule has 0 spiro atoms. The Balaban J connectivity index is 1.02. The fourth-order valence-corrected chi connectivity index (χ4v) is 11.5. The fourth-order valence-electron chi connectivity index (χ4n) is 11.5. The normalized spacial score (nSPS) is 11.9. The van der Waals surface area contributed by atoms with Gasteiger partial charge in [0.05, 0.1) is 11.0 Å². The predicted molar refractivity (Wildman–Crippen MR) is 301 cm³/mol. The number of aromatic nitrogens is 1. The summed E-state index contributed by atoms with van der Waals surface area (Å²) in [6.07, 6.45) is 0. The molecule has 1 heterocycles. The molecular weight excluding hydrogens is 845 g/mol. The Bertz CT molecular complexity index is 4300. The summed E-state index contributed by atoms with van der Waals surface area (Å²) in [5, 5.41) is 17.7. The van der Waals surface area contributed by atoms with Gasteiger partial charge in [-0.1, -0.05) is 175 Å². The second kappa shape index (κ2) is 15.8. The van der Waals surface area contributed by atoms with Gasteiger partial charge in [0.1, 0.15) is 0 Å². The lowest BCUT2D eigenvalue weighted by Gasteiger charge is -2.27. The smallest absolute Gasteiger partial charge is 0.0547 e. The molecule has 0 atom stereocenters. The highest BCUT2D eigenvalue weighted by atomic mass is 15.1. The third kappa shape index (κ3) is 6.34. The Labute approximate surface area is 406 Å². The van der Waals surface area contributed by atoms with Crippen LogP contribution in [0, 0.1) is 13.8 Å². The van der Waals surface area contributed by atoms with Crippen LogP contribution in [-0.2, 0) is 0 Å². The lowest BCUT2D eigenvalue weighted by molar-refractivity contribution is 1.18. The topological polar surface area (TPSA) is 8.17 Å². The molecule has 1 aromatic heterocycles. The Morgan fingerprint density at radius 2 is 0.629 bits per heavy atom. The van der Waals surface area contributed by atoms with Crippen molar-refractivity contribution in [1.29, 1.82) is 0 Å². The molecule has 0 aliphatic rings. The molecular formula is C68H46N2. The summed E-state index contributed by atoms with van der Waals surface area (Å²) in [7, 11) is 0. The van der Waals surface area contributed by atoms with Crippen molar-refractivity contribution in [2.75, 3.05) is 4.90 Å². The average molecular weight is 891 g/mol. The van der Waals surface area contributed by atoms with E-state index >= 15 is 0 Å². The molecule has 13 aromatic carbocycles. The first kappa shape index (κ1) is 40.1. The van der Waals surface area contributed by atoms with Crippen LogP contribution in [0.5, 0.6) is 0 Å². The molecule has 0 unspecified atom stereocenters. The minimum atomic E-state index is 1.10. The summed E-state index contributed by atoms with van der Waals surface area (Å²) in [6.45, 7) is 4.44. The average Bonchev–Trinajstić information content (AvgIpc) is 3.74. The van der Waals surface area contributed by atoms with Gasteiger partial charge in [-0.25, -0.2) is 0 Å². The molecule has 2 heteroatoms. The van der Waals surface area contributed by atoms with Crippen molar-refractivity contribution in [3.05, 3.63) is 254 Å². The summed E-state index contributed by atoms with van der Waals surface area (Å²) in [5.41, 5.74) is 14.2. The summed E-state index contributed by atoms with van der Waals surface area (Å²) in [4.78, 5) is 2.41. The van der Waals surface area contributed by atoms with Crippen LogP contribution in [0.15, 0.2) is 243 Å². The van der Waals surface area contributed by atoms with Crippen molar-refractivity contribution >= 4 is 104 Å². The Kier molecular flexibility index (Phi) is 9.06. The highest BCUT2D eigenvalue weighted by molar-refractivity contribution is 6.34. The van der Waals surface area contributed by atoms with E-state index in [1.54, 1.807) is 0 Å². The first-order valence-corrected chi connectivity index (χ1v) is 24.3. The minimum Gasteiger partial charge on any atom is -0.310 e. The van der Waals surface area contributed by atoms with Crippen molar-refractivity contribution in [3.8, 4) is 27.9 Å². The SMILES string of the molecule is Cc1ccc2c(c1)c1cc3c(cc1c1ccc(N(c4ccc(-c5ccccc5)cc4)c4ccc(-c5ccccc5)cc4)cc21)c1cc(C)ccc1c1cc2c(cc31)c1ccccc1n2-c1ccccc1. The highest BCUT2D eigenvalue weighted by Crippen LogP contribution is 2.47. The van der Waals surface area contributed by atoms with Crippen LogP contribution in [-0.4, -0.2) is 4.57 Å². The second-order valence-corrected chi connectivity index (χ2v) is 19.0. The third-order valence-corrected chi connectivity index (χ3v) is 14.8. The van der Waals surface area contributed by atoms with Gasteiger partial charge in [0.25, 0.3) is 0 Å². The number of rotatable bonds is 6. The van der Waals surface area contributed by atoms with E-state index in [1.807, 2.05) is 0 Å². The standard InChI is InChI=1S/C68H46N2/c1-43-22-33-53-57(36-43)61-40-63-62(58-37-44(2)23-34-54(58)65-42-68-66(41-64(63)65)56-20-12-13-21-67(56)70(68)49-18-10-5-11-19-49)39-60(61)55-35-32-52(38-59(53)55)69(50-28-24-47(25-29-50)45-14-6-3-7-15-45)51-30-26-48(27-31-51)46-16-8-4-9-17-46/h3-42H,1-2H3. The van der Waals surface area contributed by atoms with Crippen LogP contribution < -0.4 is 4.90 Å². The molecule has 0 aliphatic heterocycles. The second-order valence-electron chi connectivity index (χ2n) is 19.0. The molecule has 14 aromatic rings. The molecule has 0 bridgehead atoms. The van der Waals surface area contributed by atoms with Crippen molar-refractivity contribution < 1.29 is 0 Å². The van der Waals surface area contributed by atoms with Gasteiger partial charge in [-0.2, -0.15) is 0 Å². The lowest BCUT2D eigenvalue weighted by atomic mass is 9.87. The molecule has 2 nitrogen and oxygen atoms in total. The molecule has 0 radical (unpaired) electrons. The summed E-state index contributed by atoms with van der Waals surface area (Å²) >= 11 is 0. The Hall–Kier alpha value is -8.98. The molecule has 0 amide bonds. The highest BCUT2D eigenvalue weighted by Gasteiger charge is 2.21. The van der Waals surface area contributed by atoms with E-state index in [2.05, 4.69) is 266 Å². The molecule has 0 aliphatic carbocycles. The maximum Gasteiger partial charge on any atom is 0.0547 e.